The van der Waals surface area contributed by atoms with E-state index in [9.17, 15) is 0 Å². The van der Waals surface area contributed by atoms with Gasteiger partial charge in [-0.25, -0.2) is 0 Å². The van der Waals surface area contributed by atoms with Gasteiger partial charge in [-0.1, -0.05) is 6.42 Å². The van der Waals surface area contributed by atoms with Crippen molar-refractivity contribution in [3.8, 4) is 0 Å². The molecule has 2 unspecified atom stereocenters. The van der Waals surface area contributed by atoms with Gasteiger partial charge in [-0.15, -0.1) is 24.0 Å². The molecule has 0 aromatic rings. The highest BCUT2D eigenvalue weighted by Crippen LogP contribution is 2.16. The number of nitrogens with zero attached hydrogens (tertiary/aromatic N) is 2. The Labute approximate surface area is 183 Å². The van der Waals surface area contributed by atoms with Crippen molar-refractivity contribution < 1.29 is 9.47 Å². The number of aliphatic imine (C=N–C) groups is 1. The molecule has 27 heavy (non-hydrogen) atoms. The van der Waals surface area contributed by atoms with E-state index in [4.69, 9.17) is 9.47 Å². The number of hydrogen-bond acceptors (Lipinski definition) is 4. The van der Waals surface area contributed by atoms with Crippen LogP contribution in [0.3, 0.4) is 0 Å². The summed E-state index contributed by atoms with van der Waals surface area (Å²) < 4.78 is 11.1. The van der Waals surface area contributed by atoms with E-state index in [0.29, 0.717) is 5.92 Å². The topological polar surface area (TPSA) is 58.1 Å². The maximum absolute atomic E-state index is 5.74. The van der Waals surface area contributed by atoms with Crippen molar-refractivity contribution in [2.75, 3.05) is 59.2 Å². The summed E-state index contributed by atoms with van der Waals surface area (Å²) in [5.41, 5.74) is 0. The van der Waals surface area contributed by atoms with Crippen LogP contribution in [0.4, 0.5) is 0 Å². The molecular weight excluding hydrogens is 455 g/mol. The van der Waals surface area contributed by atoms with Gasteiger partial charge < -0.3 is 25.0 Å². The quantitative estimate of drug-likeness (QED) is 0.200. The lowest BCUT2D eigenvalue weighted by Crippen LogP contribution is -2.41. The smallest absolute Gasteiger partial charge is 0.191 e. The molecule has 0 bridgehead atoms. The van der Waals surface area contributed by atoms with E-state index < -0.39 is 0 Å². The standard InChI is InChI=1S/C20H40N4O2.HI/c1-3-21-20(22-10-6-13-24-12-5-4-8-18(24)2)23-11-7-14-25-16-19-9-15-26-17-19;/h18-19H,3-17H2,1-2H3,(H2,21,22,23);1H. The van der Waals surface area contributed by atoms with Gasteiger partial charge in [0.05, 0.1) is 13.2 Å². The van der Waals surface area contributed by atoms with Gasteiger partial charge >= 0.3 is 0 Å². The van der Waals surface area contributed by atoms with Crippen LogP contribution in [0.25, 0.3) is 0 Å². The van der Waals surface area contributed by atoms with Crippen molar-refractivity contribution in [1.29, 1.82) is 0 Å². The fraction of sp³-hybridized carbons (Fsp3) is 0.950. The molecule has 160 valence electrons. The van der Waals surface area contributed by atoms with Crippen molar-refractivity contribution in [3.05, 3.63) is 0 Å². The van der Waals surface area contributed by atoms with Crippen LogP contribution >= 0.6 is 24.0 Å². The predicted molar refractivity (Wildman–Crippen MR) is 123 cm³/mol. The Balaban J connectivity index is 0.00000364. The van der Waals surface area contributed by atoms with Gasteiger partial charge in [-0.3, -0.25) is 4.99 Å². The minimum atomic E-state index is 0. The Hall–Kier alpha value is -0.120. The number of rotatable bonds is 11. The number of nitrogens with one attached hydrogen (secondary N) is 2. The molecule has 0 aliphatic carbocycles. The maximum atomic E-state index is 5.74. The Kier molecular flexibility index (Phi) is 14.5. The van der Waals surface area contributed by atoms with Gasteiger partial charge in [-0.05, 0) is 52.5 Å². The first-order valence-electron chi connectivity index (χ1n) is 10.7. The van der Waals surface area contributed by atoms with E-state index in [-0.39, 0.29) is 24.0 Å². The molecule has 0 radical (unpaired) electrons. The molecule has 2 atom stereocenters. The Morgan fingerprint density at radius 1 is 1.22 bits per heavy atom. The highest BCUT2D eigenvalue weighted by molar-refractivity contribution is 14.0. The van der Waals surface area contributed by atoms with Crippen LogP contribution in [0.2, 0.25) is 0 Å². The predicted octanol–water partition coefficient (Wildman–Crippen LogP) is 2.87. The van der Waals surface area contributed by atoms with Crippen LogP contribution < -0.4 is 10.6 Å². The Morgan fingerprint density at radius 3 is 2.85 bits per heavy atom. The third-order valence-electron chi connectivity index (χ3n) is 5.29. The lowest BCUT2D eigenvalue weighted by molar-refractivity contribution is 0.0893. The van der Waals surface area contributed by atoms with Crippen molar-refractivity contribution in [2.45, 2.75) is 58.4 Å². The first-order chi connectivity index (χ1) is 12.8. The zero-order valence-corrected chi connectivity index (χ0v) is 19.7. The molecule has 2 rings (SSSR count). The molecule has 2 aliphatic rings. The molecule has 2 N–H and O–H groups in total. The SMILES string of the molecule is CCNC(=NCCCOCC1CCOC1)NCCCN1CCCCC1C.I. The summed E-state index contributed by atoms with van der Waals surface area (Å²) in [6.45, 7) is 13.0. The Morgan fingerprint density at radius 2 is 2.11 bits per heavy atom. The average Bonchev–Trinajstić information content (AvgIpc) is 3.16. The monoisotopic (exact) mass is 496 g/mol. The largest absolute Gasteiger partial charge is 0.381 e. The number of guanidine groups is 1. The molecule has 2 heterocycles. The second-order valence-corrected chi connectivity index (χ2v) is 7.58. The second kappa shape index (κ2) is 15.8. The van der Waals surface area contributed by atoms with E-state index in [1.165, 1.54) is 38.8 Å². The number of ether oxygens (including phenoxy) is 2. The molecule has 2 aliphatic heterocycles. The summed E-state index contributed by atoms with van der Waals surface area (Å²) in [5.74, 6) is 1.53. The van der Waals surface area contributed by atoms with Crippen LogP contribution in [0.1, 0.15) is 52.4 Å². The normalized spacial score (nSPS) is 23.9. The van der Waals surface area contributed by atoms with E-state index in [2.05, 4.69) is 34.4 Å². The van der Waals surface area contributed by atoms with E-state index >= 15 is 0 Å². The van der Waals surface area contributed by atoms with Gasteiger partial charge in [0.15, 0.2) is 5.96 Å². The van der Waals surface area contributed by atoms with Crippen molar-refractivity contribution in [1.82, 2.24) is 15.5 Å². The molecule has 0 saturated carbocycles. The molecule has 0 amide bonds. The van der Waals surface area contributed by atoms with Crippen LogP contribution in [0.15, 0.2) is 4.99 Å². The lowest BCUT2D eigenvalue weighted by atomic mass is 10.0. The summed E-state index contributed by atoms with van der Waals surface area (Å²) in [6, 6.07) is 0.751. The van der Waals surface area contributed by atoms with Gasteiger partial charge in [0.25, 0.3) is 0 Å². The van der Waals surface area contributed by atoms with E-state index in [0.717, 1.165) is 70.9 Å². The summed E-state index contributed by atoms with van der Waals surface area (Å²) in [7, 11) is 0. The third kappa shape index (κ3) is 10.9. The summed E-state index contributed by atoms with van der Waals surface area (Å²) >= 11 is 0. The van der Waals surface area contributed by atoms with Gasteiger partial charge in [0.2, 0.25) is 0 Å². The molecular formula is C20H41IN4O2. The molecule has 0 spiro atoms. The third-order valence-corrected chi connectivity index (χ3v) is 5.29. The fourth-order valence-corrected chi connectivity index (χ4v) is 3.64. The summed E-state index contributed by atoms with van der Waals surface area (Å²) in [5, 5.41) is 6.80. The zero-order valence-electron chi connectivity index (χ0n) is 17.4. The first-order valence-corrected chi connectivity index (χ1v) is 10.7. The van der Waals surface area contributed by atoms with Gasteiger partial charge in [-0.2, -0.15) is 0 Å². The summed E-state index contributed by atoms with van der Waals surface area (Å²) in [4.78, 5) is 7.29. The van der Waals surface area contributed by atoms with Crippen molar-refractivity contribution in [2.24, 2.45) is 10.9 Å². The van der Waals surface area contributed by atoms with Crippen molar-refractivity contribution >= 4 is 29.9 Å². The van der Waals surface area contributed by atoms with Crippen LogP contribution in [-0.2, 0) is 9.47 Å². The molecule has 2 saturated heterocycles. The van der Waals surface area contributed by atoms with Gasteiger partial charge in [0, 0.05) is 51.4 Å². The first kappa shape index (κ1) is 24.9. The maximum Gasteiger partial charge on any atom is 0.191 e. The summed E-state index contributed by atoms with van der Waals surface area (Å²) in [6.07, 6.45) is 7.38. The van der Waals surface area contributed by atoms with Crippen molar-refractivity contribution in [3.63, 3.8) is 0 Å². The van der Waals surface area contributed by atoms with E-state index in [1.807, 2.05) is 0 Å². The minimum Gasteiger partial charge on any atom is -0.381 e. The molecule has 6 nitrogen and oxygen atoms in total. The van der Waals surface area contributed by atoms with Gasteiger partial charge in [0.1, 0.15) is 0 Å². The zero-order chi connectivity index (χ0) is 18.5. The highest BCUT2D eigenvalue weighted by atomic mass is 127. The lowest BCUT2D eigenvalue weighted by Gasteiger charge is -2.33. The Bertz CT molecular complexity index is 392. The number of likely N-dealkylation sites (tertiary alicyclic amines) is 1. The number of halogens is 1. The second-order valence-electron chi connectivity index (χ2n) is 7.58. The molecule has 2 fully saturated rings. The van der Waals surface area contributed by atoms with Crippen LogP contribution in [-0.4, -0.2) is 76.1 Å². The van der Waals surface area contributed by atoms with Crippen LogP contribution in [0.5, 0.6) is 0 Å². The van der Waals surface area contributed by atoms with Crippen LogP contribution in [0, 0.1) is 5.92 Å². The average molecular weight is 496 g/mol. The molecule has 0 aromatic carbocycles. The number of piperidine rings is 1. The highest BCUT2D eigenvalue weighted by Gasteiger charge is 2.17. The minimum absolute atomic E-state index is 0. The fourth-order valence-electron chi connectivity index (χ4n) is 3.64. The molecule has 7 heteroatoms. The molecule has 0 aromatic heterocycles. The van der Waals surface area contributed by atoms with E-state index in [1.54, 1.807) is 0 Å². The number of hydrogen-bond donors (Lipinski definition) is 2.